The number of fused-ring (bicyclic) bond motifs is 2. The fourth-order valence-electron chi connectivity index (χ4n) is 8.23. The molecule has 418 valence electrons. The van der Waals surface area contributed by atoms with Crippen LogP contribution in [0, 0.1) is 0 Å². The molecule has 0 aliphatic carbocycles. The lowest BCUT2D eigenvalue weighted by molar-refractivity contribution is -0.139. The summed E-state index contributed by atoms with van der Waals surface area (Å²) in [5, 5.41) is 35.6. The Labute approximate surface area is 468 Å². The van der Waals surface area contributed by atoms with E-state index in [9.17, 15) is 33.0 Å². The fourth-order valence-corrected chi connectivity index (χ4v) is 10.9. The molecule has 13 N–H and O–H groups in total. The van der Waals surface area contributed by atoms with Gasteiger partial charge in [-0.1, -0.05) is 117 Å². The van der Waals surface area contributed by atoms with Crippen molar-refractivity contribution < 1.29 is 43.3 Å². The molecular weight excluding hydrogens is 1050 g/mol. The molecular formula is C58H78N6O9S4. The molecule has 1 heterocycles. The number of aromatic amines is 1. The molecule has 0 spiro atoms. The summed E-state index contributed by atoms with van der Waals surface area (Å²) in [7, 11) is 0. The molecule has 6 rings (SSSR count). The van der Waals surface area contributed by atoms with Gasteiger partial charge in [0.05, 0.1) is 10.1 Å². The number of carboxylic acids is 3. The lowest BCUT2D eigenvalue weighted by atomic mass is 9.79. The molecule has 1 amide bonds. The molecule has 0 aliphatic heterocycles. The quantitative estimate of drug-likeness (QED) is 0.0193. The number of hydrogen-bond donors (Lipinski definition) is 10. The minimum Gasteiger partial charge on any atom is -0.480 e. The Morgan fingerprint density at radius 1 is 0.649 bits per heavy atom. The summed E-state index contributed by atoms with van der Waals surface area (Å²) < 4.78 is 20.8. The first-order valence-corrected chi connectivity index (χ1v) is 29.8. The van der Waals surface area contributed by atoms with Gasteiger partial charge in [-0.15, -0.1) is 35.3 Å². The van der Waals surface area contributed by atoms with Gasteiger partial charge in [0.15, 0.2) is 11.1 Å². The molecule has 15 nitrogen and oxygen atoms in total. The van der Waals surface area contributed by atoms with E-state index in [-0.39, 0.29) is 40.2 Å². The van der Waals surface area contributed by atoms with E-state index in [0.29, 0.717) is 35.5 Å². The van der Waals surface area contributed by atoms with E-state index in [2.05, 4.69) is 139 Å². The third-order valence-electron chi connectivity index (χ3n) is 12.6. The number of rotatable bonds is 20. The number of aromatic nitrogens is 1. The third-order valence-corrected chi connectivity index (χ3v) is 16.3. The molecule has 77 heavy (non-hydrogen) atoms. The number of nitrogens with one attached hydrogen (secondary N) is 3. The molecule has 0 fully saturated rings. The smallest absolute Gasteiger partial charge is 0.321 e. The van der Waals surface area contributed by atoms with Crippen LogP contribution < -0.4 is 27.8 Å². The van der Waals surface area contributed by atoms with Crippen molar-refractivity contribution in [3.63, 3.8) is 0 Å². The second-order valence-electron chi connectivity index (χ2n) is 21.7. The molecule has 5 aromatic carbocycles. The standard InChI is InChI=1S/C23H36N2O2.C18H21NO2S3.C17H21N3O5S/c1-21(2,3)13-10-14-15(12-17(24)20(26)27)19(23(7,8)9)25-18(14)16(11-13)22(4,5)6;1-22-14-7-3-12(4-8-14)17(24-11-16(19)18(20)21)13-5-9-15(23-2)10-6-13;18-13(17(22)23)7-8-16(21)20-10-9-19-14-5-1-4-12-11(14)3-2-6-15(12)26(24)25/h10-11,17,25H,12,24H2,1-9H3,(H,26,27);3-10,16-17H,11,19H2,1-2H3,(H,20,21);1-6,13,19H,7-10,18H2,(H,20,21)(H,22,23)(H,24,25). The van der Waals surface area contributed by atoms with E-state index in [1.54, 1.807) is 59.6 Å². The zero-order chi connectivity index (χ0) is 57.6. The van der Waals surface area contributed by atoms with Gasteiger partial charge in [0.2, 0.25) is 5.91 Å². The Balaban J connectivity index is 0.000000250. The molecule has 1 aromatic heterocycles. The Morgan fingerprint density at radius 3 is 1.66 bits per heavy atom. The van der Waals surface area contributed by atoms with Crippen molar-refractivity contribution in [3.8, 4) is 0 Å². The van der Waals surface area contributed by atoms with Gasteiger partial charge in [0, 0.05) is 79.9 Å². The van der Waals surface area contributed by atoms with E-state index in [4.69, 9.17) is 27.4 Å². The highest BCUT2D eigenvalue weighted by Crippen LogP contribution is 2.41. The summed E-state index contributed by atoms with van der Waals surface area (Å²) in [4.78, 5) is 51.1. The van der Waals surface area contributed by atoms with Crippen LogP contribution in [0.1, 0.15) is 114 Å². The minimum absolute atomic E-state index is 0.000456. The van der Waals surface area contributed by atoms with Gasteiger partial charge >= 0.3 is 17.9 Å². The average molecular weight is 1130 g/mol. The maximum atomic E-state index is 11.7. The first-order valence-electron chi connectivity index (χ1n) is 25.2. The normalized spacial score (nSPS) is 13.4. The summed E-state index contributed by atoms with van der Waals surface area (Å²) in [6.07, 6.45) is 4.55. The van der Waals surface area contributed by atoms with Crippen LogP contribution in [0.5, 0.6) is 0 Å². The van der Waals surface area contributed by atoms with Crippen LogP contribution in [0.15, 0.2) is 112 Å². The topological polar surface area (TPSA) is 284 Å². The molecule has 0 saturated carbocycles. The van der Waals surface area contributed by atoms with E-state index in [0.717, 1.165) is 44.4 Å². The van der Waals surface area contributed by atoms with Crippen LogP contribution in [0.2, 0.25) is 0 Å². The second kappa shape index (κ2) is 28.5. The number of thioether (sulfide) groups is 3. The predicted octanol–water partition coefficient (Wildman–Crippen LogP) is 10.5. The number of H-pyrrole nitrogens is 1. The molecule has 0 radical (unpaired) electrons. The third kappa shape index (κ3) is 18.6. The Bertz CT molecular complexity index is 2940. The summed E-state index contributed by atoms with van der Waals surface area (Å²) in [5.74, 6) is -2.95. The number of anilines is 1. The summed E-state index contributed by atoms with van der Waals surface area (Å²) in [5.41, 5.74) is 25.6. The number of hydrogen-bond acceptors (Lipinski definition) is 12. The van der Waals surface area contributed by atoms with Crippen LogP contribution >= 0.6 is 35.3 Å². The van der Waals surface area contributed by atoms with Gasteiger partial charge in [-0.25, -0.2) is 4.21 Å². The van der Waals surface area contributed by atoms with Gasteiger partial charge in [0.1, 0.15) is 18.1 Å². The number of carbonyl (C=O) groups is 4. The second-order valence-corrected chi connectivity index (χ2v) is 25.5. The number of benzene rings is 5. The van der Waals surface area contributed by atoms with Gasteiger partial charge in [-0.2, -0.15) is 0 Å². The van der Waals surface area contributed by atoms with Gasteiger partial charge in [-0.3, -0.25) is 19.2 Å². The van der Waals surface area contributed by atoms with Crippen LogP contribution in [0.4, 0.5) is 5.69 Å². The van der Waals surface area contributed by atoms with E-state index in [1.807, 2.05) is 24.6 Å². The van der Waals surface area contributed by atoms with Crippen molar-refractivity contribution in [2.45, 2.75) is 136 Å². The van der Waals surface area contributed by atoms with Crippen molar-refractivity contribution in [1.29, 1.82) is 0 Å². The molecule has 4 unspecified atom stereocenters. The highest BCUT2D eigenvalue weighted by molar-refractivity contribution is 7.99. The lowest BCUT2D eigenvalue weighted by Crippen LogP contribution is -2.34. The van der Waals surface area contributed by atoms with Crippen molar-refractivity contribution in [2.75, 3.05) is 36.7 Å². The number of nitrogens with two attached hydrogens (primary N) is 3. The number of carbonyl (C=O) groups excluding carboxylic acids is 1. The van der Waals surface area contributed by atoms with Gasteiger partial charge in [-0.05, 0) is 100 Å². The van der Waals surface area contributed by atoms with Crippen molar-refractivity contribution in [3.05, 3.63) is 131 Å². The molecule has 6 aromatic rings. The summed E-state index contributed by atoms with van der Waals surface area (Å²) >= 11 is 2.91. The minimum atomic E-state index is -2.07. The van der Waals surface area contributed by atoms with Crippen molar-refractivity contribution in [1.82, 2.24) is 10.3 Å². The largest absolute Gasteiger partial charge is 0.480 e. The van der Waals surface area contributed by atoms with Crippen molar-refractivity contribution >= 4 is 97.5 Å². The predicted molar refractivity (Wildman–Crippen MR) is 319 cm³/mol. The van der Waals surface area contributed by atoms with Crippen LogP contribution in [0.3, 0.4) is 0 Å². The first kappa shape index (κ1) is 64.1. The Hall–Kier alpha value is -5.38. The van der Waals surface area contributed by atoms with Crippen LogP contribution in [-0.2, 0) is 52.9 Å². The number of carboxylic acid groups (broad SMARTS) is 3. The molecule has 0 aliphatic rings. The van der Waals surface area contributed by atoms with Crippen LogP contribution in [-0.4, -0.2) is 102 Å². The zero-order valence-corrected chi connectivity index (χ0v) is 49.3. The summed E-state index contributed by atoms with van der Waals surface area (Å²) in [6.45, 7) is 20.5. The Kier molecular flexibility index (Phi) is 23.7. The highest BCUT2D eigenvalue weighted by atomic mass is 32.2. The molecule has 4 atom stereocenters. The van der Waals surface area contributed by atoms with E-state index >= 15 is 0 Å². The monoisotopic (exact) mass is 1130 g/mol. The number of amides is 1. The maximum absolute atomic E-state index is 11.7. The van der Waals surface area contributed by atoms with E-state index in [1.165, 1.54) is 20.9 Å². The molecule has 19 heteroatoms. The van der Waals surface area contributed by atoms with Gasteiger partial charge in [0.25, 0.3) is 0 Å². The Morgan fingerprint density at radius 2 is 1.18 bits per heavy atom. The SMILES string of the molecule is CC(C)(C)c1cc(C(C)(C)C)c2[nH]c(C(C)(C)C)c(CC(N)C(=O)O)c2c1.CSc1ccc(C(SCC(N)C(=O)O)c2ccc(SC)cc2)cc1.NC(CCC(=O)NCCNc1cccc2c(S(=O)O)cccc12)C(=O)O. The van der Waals surface area contributed by atoms with E-state index < -0.39 is 47.1 Å². The van der Waals surface area contributed by atoms with Crippen LogP contribution in [0.25, 0.3) is 21.7 Å². The zero-order valence-electron chi connectivity index (χ0n) is 46.0. The summed E-state index contributed by atoms with van der Waals surface area (Å²) in [6, 6.07) is 29.1. The fraction of sp³-hybridized carbons (Fsp3) is 0.414. The highest BCUT2D eigenvalue weighted by Gasteiger charge is 2.30. The number of aliphatic carboxylic acids is 3. The first-order chi connectivity index (χ1) is 36.0. The maximum Gasteiger partial charge on any atom is 0.321 e. The average Bonchev–Trinajstić information content (AvgIpc) is 3.76. The van der Waals surface area contributed by atoms with Crippen molar-refractivity contribution in [2.24, 2.45) is 17.2 Å². The molecule has 0 saturated heterocycles. The van der Waals surface area contributed by atoms with Gasteiger partial charge < -0.3 is 52.7 Å². The molecule has 0 bridgehead atoms. The lowest BCUT2D eigenvalue weighted by Gasteiger charge is -2.26.